The van der Waals surface area contributed by atoms with Gasteiger partial charge in [0.15, 0.2) is 0 Å². The van der Waals surface area contributed by atoms with E-state index in [1.807, 2.05) is 45.0 Å². The van der Waals surface area contributed by atoms with Gasteiger partial charge in [0, 0.05) is 24.6 Å². The van der Waals surface area contributed by atoms with E-state index in [-0.39, 0.29) is 18.6 Å². The number of methoxy groups -OCH3 is 1. The molecule has 2 aromatic rings. The Morgan fingerprint density at radius 3 is 2.40 bits per heavy atom. The van der Waals surface area contributed by atoms with Crippen LogP contribution in [0.5, 0.6) is 0 Å². The molecule has 0 spiro atoms. The van der Waals surface area contributed by atoms with Crippen molar-refractivity contribution in [3.63, 3.8) is 0 Å². The van der Waals surface area contributed by atoms with Gasteiger partial charge in [-0.25, -0.2) is 19.0 Å². The molecule has 2 aliphatic heterocycles. The van der Waals surface area contributed by atoms with E-state index in [1.54, 1.807) is 43.2 Å². The number of carbonyl (C=O) groups is 3. The number of fused-ring (bicyclic) bond motifs is 5. The second-order valence-electron chi connectivity index (χ2n) is 12.9. The average molecular weight is 602 g/mol. The lowest BCUT2D eigenvalue weighted by Crippen LogP contribution is -2.66. The van der Waals surface area contributed by atoms with Crippen LogP contribution in [0, 0.1) is 0 Å². The van der Waals surface area contributed by atoms with Crippen molar-refractivity contribution in [2.75, 3.05) is 32.6 Å². The highest BCUT2D eigenvalue weighted by Crippen LogP contribution is 2.59. The quantitative estimate of drug-likeness (QED) is 0.149. The van der Waals surface area contributed by atoms with Crippen molar-refractivity contribution in [1.29, 1.82) is 0 Å². The molecule has 1 fully saturated rings. The Morgan fingerprint density at radius 2 is 1.76 bits per heavy atom. The molecular formula is C32H45N2O7S+. The fourth-order valence-electron chi connectivity index (χ4n) is 6.55. The summed E-state index contributed by atoms with van der Waals surface area (Å²) < 4.78 is 24.1. The van der Waals surface area contributed by atoms with Gasteiger partial charge in [-0.3, -0.25) is 4.48 Å². The number of hydrogen-bond donors (Lipinski definition) is 0. The first-order chi connectivity index (χ1) is 19.7. The minimum absolute atomic E-state index is 0.0507. The van der Waals surface area contributed by atoms with Gasteiger partial charge in [0.2, 0.25) is 4.87 Å². The van der Waals surface area contributed by atoms with E-state index < -0.39 is 28.3 Å². The van der Waals surface area contributed by atoms with Crippen molar-refractivity contribution in [3.05, 3.63) is 47.7 Å². The minimum Gasteiger partial charge on any atom is -0.464 e. The molecule has 1 saturated heterocycles. The molecule has 2 aliphatic rings. The van der Waals surface area contributed by atoms with Gasteiger partial charge in [0.25, 0.3) is 0 Å². The molecule has 42 heavy (non-hydrogen) atoms. The van der Waals surface area contributed by atoms with Gasteiger partial charge in [-0.2, -0.15) is 0 Å². The number of para-hydroxylation sites is 1. The lowest BCUT2D eigenvalue weighted by Gasteiger charge is -2.51. The maximum atomic E-state index is 13.8. The number of quaternary nitrogens is 1. The summed E-state index contributed by atoms with van der Waals surface area (Å²) in [5.41, 5.74) is 1.55. The monoisotopic (exact) mass is 601 g/mol. The number of esters is 1. The Morgan fingerprint density at radius 1 is 1.07 bits per heavy atom. The number of thioether (sulfide) groups is 1. The Bertz CT molecular complexity index is 1370. The van der Waals surface area contributed by atoms with Gasteiger partial charge in [-0.1, -0.05) is 36.9 Å². The number of carbonyl (C=O) groups excluding carboxylic acids is 3. The Kier molecular flexibility index (Phi) is 9.09. The van der Waals surface area contributed by atoms with Crippen LogP contribution in [0.1, 0.15) is 78.6 Å². The number of nitrogens with zero attached hydrogens (tertiary/aromatic N) is 2. The van der Waals surface area contributed by atoms with Crippen LogP contribution in [-0.2, 0) is 30.2 Å². The molecule has 4 rings (SSSR count). The second-order valence-corrected chi connectivity index (χ2v) is 14.4. The number of aromatic nitrogens is 1. The highest BCUT2D eigenvalue weighted by atomic mass is 32.2. The summed E-state index contributed by atoms with van der Waals surface area (Å²) >= 11 is 1.62. The number of benzene rings is 1. The zero-order valence-electron chi connectivity index (χ0n) is 26.2. The molecule has 2 unspecified atom stereocenters. The molecule has 0 aliphatic carbocycles. The number of ether oxygens (including phenoxy) is 4. The Balaban J connectivity index is 1.79. The standard InChI is InChI=1S/C32H45N2O7S/c1-9-42-32(27(35)38-8)18-16-25-26-23(22-14-10-11-15-24(22)33(26)28(36)40-30(2,3)4)17-20-34(25,32)19-12-13-21-39-29(37)41-31(5,6)7/h10-15,25H,9,16-21H2,1-8H3/q+1/b13-12+/t25-,32?,34?/m0/s1. The molecule has 230 valence electrons. The molecule has 0 bridgehead atoms. The highest BCUT2D eigenvalue weighted by molar-refractivity contribution is 8.01. The Labute approximate surface area is 253 Å². The van der Waals surface area contributed by atoms with Crippen molar-refractivity contribution >= 4 is 40.9 Å². The van der Waals surface area contributed by atoms with Crippen LogP contribution in [0.4, 0.5) is 9.59 Å². The second kappa shape index (κ2) is 12.0. The van der Waals surface area contributed by atoms with Gasteiger partial charge in [0.05, 0.1) is 31.4 Å². The van der Waals surface area contributed by atoms with Crippen molar-refractivity contribution in [3.8, 4) is 0 Å². The summed E-state index contributed by atoms with van der Waals surface area (Å²) in [5, 5.41) is 1.04. The van der Waals surface area contributed by atoms with Crippen molar-refractivity contribution in [1.82, 2.24) is 4.57 Å². The van der Waals surface area contributed by atoms with Crippen LogP contribution in [0.15, 0.2) is 36.4 Å². The van der Waals surface area contributed by atoms with Gasteiger partial charge in [0.1, 0.15) is 23.9 Å². The summed E-state index contributed by atoms with van der Waals surface area (Å²) in [6.07, 6.45) is 4.63. The molecule has 1 aromatic heterocycles. The molecule has 0 radical (unpaired) electrons. The largest absolute Gasteiger partial charge is 0.509 e. The first kappa shape index (κ1) is 31.9. The molecule has 9 nitrogen and oxygen atoms in total. The first-order valence-electron chi connectivity index (χ1n) is 14.7. The molecule has 0 saturated carbocycles. The van der Waals surface area contributed by atoms with E-state index in [0.29, 0.717) is 36.8 Å². The maximum Gasteiger partial charge on any atom is 0.509 e. The summed E-state index contributed by atoms with van der Waals surface area (Å²) in [7, 11) is 1.45. The smallest absolute Gasteiger partial charge is 0.464 e. The maximum absolute atomic E-state index is 13.8. The van der Waals surface area contributed by atoms with Gasteiger partial charge in [-0.15, -0.1) is 0 Å². The average Bonchev–Trinajstić information content (AvgIpc) is 3.40. The number of rotatable bonds is 7. The van der Waals surface area contributed by atoms with E-state index in [0.717, 1.165) is 27.9 Å². The van der Waals surface area contributed by atoms with E-state index in [9.17, 15) is 14.4 Å². The van der Waals surface area contributed by atoms with Gasteiger partial charge >= 0.3 is 18.2 Å². The third-order valence-corrected chi connectivity index (χ3v) is 9.42. The SMILES string of the molecule is CCSC1(C(=O)OC)CC[C@H]2c3c(c4ccccc4n3C(=O)OC(C)(C)C)CC[N+]21C/C=C/COC(=O)OC(C)(C)C. The normalized spacial score (nSPS) is 23.9. The van der Waals surface area contributed by atoms with Crippen molar-refractivity contribution < 1.29 is 37.8 Å². The van der Waals surface area contributed by atoms with Crippen LogP contribution in [0.2, 0.25) is 0 Å². The van der Waals surface area contributed by atoms with Gasteiger partial charge in [-0.05, 0) is 71.1 Å². The van der Waals surface area contributed by atoms with Crippen molar-refractivity contribution in [2.24, 2.45) is 0 Å². The highest BCUT2D eigenvalue weighted by Gasteiger charge is 2.67. The fourth-order valence-corrected chi connectivity index (χ4v) is 8.04. The van der Waals surface area contributed by atoms with E-state index in [2.05, 4.69) is 13.0 Å². The molecule has 0 amide bonds. The summed E-state index contributed by atoms with van der Waals surface area (Å²) in [6, 6.07) is 7.80. The summed E-state index contributed by atoms with van der Waals surface area (Å²) in [5.74, 6) is 0.480. The topological polar surface area (TPSA) is 93.1 Å². The van der Waals surface area contributed by atoms with Crippen LogP contribution in [0.3, 0.4) is 0 Å². The predicted molar refractivity (Wildman–Crippen MR) is 163 cm³/mol. The molecule has 3 atom stereocenters. The summed E-state index contributed by atoms with van der Waals surface area (Å²) in [4.78, 5) is 38.7. The van der Waals surface area contributed by atoms with Crippen LogP contribution in [0.25, 0.3) is 10.9 Å². The van der Waals surface area contributed by atoms with Crippen LogP contribution in [-0.4, -0.2) is 75.9 Å². The first-order valence-corrected chi connectivity index (χ1v) is 15.6. The van der Waals surface area contributed by atoms with E-state index >= 15 is 0 Å². The summed E-state index contributed by atoms with van der Waals surface area (Å²) in [6.45, 7) is 14.2. The van der Waals surface area contributed by atoms with Crippen molar-refractivity contribution in [2.45, 2.75) is 89.8 Å². The Hall–Kier alpha value is -2.98. The third-order valence-electron chi connectivity index (χ3n) is 7.92. The zero-order valence-corrected chi connectivity index (χ0v) is 27.0. The lowest BCUT2D eigenvalue weighted by atomic mass is 9.94. The molecule has 10 heteroatoms. The van der Waals surface area contributed by atoms with Crippen LogP contribution < -0.4 is 0 Å². The predicted octanol–water partition coefficient (Wildman–Crippen LogP) is 6.76. The molecule has 1 aromatic carbocycles. The minimum atomic E-state index is -0.850. The lowest BCUT2D eigenvalue weighted by molar-refractivity contribution is -0.964. The van der Waals surface area contributed by atoms with Crippen LogP contribution >= 0.6 is 11.8 Å². The van der Waals surface area contributed by atoms with E-state index in [1.165, 1.54) is 7.11 Å². The zero-order chi connectivity index (χ0) is 30.9. The molecular weight excluding hydrogens is 556 g/mol. The number of hydrogen-bond acceptors (Lipinski definition) is 8. The van der Waals surface area contributed by atoms with Gasteiger partial charge < -0.3 is 18.9 Å². The molecule has 0 N–H and O–H groups in total. The molecule has 3 heterocycles. The fraction of sp³-hybridized carbons (Fsp3) is 0.594. The third kappa shape index (κ3) is 5.93. The van der Waals surface area contributed by atoms with E-state index in [4.69, 9.17) is 18.9 Å².